The molecule has 2 amide bonds. The number of nitrogens with zero attached hydrogens (tertiary/aromatic N) is 1. The number of hydrogen-bond donors (Lipinski definition) is 1. The predicted octanol–water partition coefficient (Wildman–Crippen LogP) is 3.43. The first-order valence-corrected chi connectivity index (χ1v) is 7.98. The maximum Gasteiger partial charge on any atom is 0.321 e. The molecule has 0 aromatic heterocycles. The van der Waals surface area contributed by atoms with Crippen LogP contribution in [0.3, 0.4) is 0 Å². The zero-order valence-electron chi connectivity index (χ0n) is 13.7. The van der Waals surface area contributed by atoms with Crippen LogP contribution >= 0.6 is 0 Å². The van der Waals surface area contributed by atoms with Crippen LogP contribution < -0.4 is 19.7 Å². The smallest absolute Gasteiger partial charge is 0.321 e. The summed E-state index contributed by atoms with van der Waals surface area (Å²) >= 11 is 0. The third kappa shape index (κ3) is 4.29. The van der Waals surface area contributed by atoms with Gasteiger partial charge in [0.15, 0.2) is 11.5 Å². The third-order valence-corrected chi connectivity index (χ3v) is 3.72. The van der Waals surface area contributed by atoms with Gasteiger partial charge in [0, 0.05) is 24.8 Å². The van der Waals surface area contributed by atoms with Gasteiger partial charge in [0.1, 0.15) is 0 Å². The van der Waals surface area contributed by atoms with Gasteiger partial charge in [-0.05, 0) is 37.3 Å². The zero-order valence-corrected chi connectivity index (χ0v) is 13.7. The van der Waals surface area contributed by atoms with Crippen molar-refractivity contribution in [1.82, 2.24) is 5.32 Å². The summed E-state index contributed by atoms with van der Waals surface area (Å²) in [5.74, 6) is 2.07. The molecule has 0 unspecified atom stereocenters. The van der Waals surface area contributed by atoms with Gasteiger partial charge in [-0.1, -0.05) is 13.8 Å². The Morgan fingerprint density at radius 1 is 1.32 bits per heavy atom. The normalized spacial score (nSPS) is 14.9. The number of anilines is 1. The van der Waals surface area contributed by atoms with E-state index in [0.29, 0.717) is 24.0 Å². The second-order valence-corrected chi connectivity index (χ2v) is 5.96. The lowest BCUT2D eigenvalue weighted by molar-refractivity contribution is 0.242. The van der Waals surface area contributed by atoms with Crippen LogP contribution in [0.5, 0.6) is 11.5 Å². The number of carbonyl (C=O) groups excluding carboxylic acids is 1. The molecule has 2 rings (SSSR count). The lowest BCUT2D eigenvalue weighted by atomic mass is 10.1. The second-order valence-electron chi connectivity index (χ2n) is 5.96. The molecular weight excluding hydrogens is 280 g/mol. The molecule has 1 aromatic rings. The summed E-state index contributed by atoms with van der Waals surface area (Å²) in [5, 5.41) is 2.86. The first-order chi connectivity index (χ1) is 10.6. The van der Waals surface area contributed by atoms with Crippen LogP contribution in [0.25, 0.3) is 0 Å². The van der Waals surface area contributed by atoms with E-state index < -0.39 is 0 Å². The molecule has 1 aromatic carbocycles. The van der Waals surface area contributed by atoms with Crippen molar-refractivity contribution in [1.29, 1.82) is 0 Å². The molecule has 1 fully saturated rings. The standard InChI is InChI=1S/C17H26N2O3/c1-13(2)6-4-11-22-16-12-14(7-8-15(16)21-3)19-10-5-9-18-17(19)20/h7-8,12-13H,4-6,9-11H2,1-3H3,(H,18,20). The minimum atomic E-state index is -0.0535. The van der Waals surface area contributed by atoms with Gasteiger partial charge in [-0.15, -0.1) is 0 Å². The fourth-order valence-corrected chi connectivity index (χ4v) is 2.50. The van der Waals surface area contributed by atoms with Crippen LogP contribution in [0, 0.1) is 5.92 Å². The Labute approximate surface area is 132 Å². The number of urea groups is 1. The summed E-state index contributed by atoms with van der Waals surface area (Å²) in [5.41, 5.74) is 0.844. The number of amides is 2. The van der Waals surface area contributed by atoms with E-state index in [2.05, 4.69) is 19.2 Å². The van der Waals surface area contributed by atoms with Gasteiger partial charge in [0.25, 0.3) is 0 Å². The average molecular weight is 306 g/mol. The third-order valence-electron chi connectivity index (χ3n) is 3.72. The van der Waals surface area contributed by atoms with Gasteiger partial charge in [0.2, 0.25) is 0 Å². The molecule has 5 nitrogen and oxygen atoms in total. The first kappa shape index (κ1) is 16.5. The SMILES string of the molecule is COc1ccc(N2CCCNC2=O)cc1OCCCC(C)C. The van der Waals surface area contributed by atoms with Gasteiger partial charge in [0.05, 0.1) is 13.7 Å². The highest BCUT2D eigenvalue weighted by Crippen LogP contribution is 2.32. The Morgan fingerprint density at radius 3 is 2.82 bits per heavy atom. The van der Waals surface area contributed by atoms with Gasteiger partial charge < -0.3 is 14.8 Å². The molecule has 1 N–H and O–H groups in total. The molecule has 122 valence electrons. The summed E-state index contributed by atoms with van der Waals surface area (Å²) < 4.78 is 11.2. The zero-order chi connectivity index (χ0) is 15.9. The Balaban J connectivity index is 2.06. The van der Waals surface area contributed by atoms with Gasteiger partial charge in [-0.2, -0.15) is 0 Å². The quantitative estimate of drug-likeness (QED) is 0.785. The number of rotatable bonds is 7. The Bertz CT molecular complexity index is 503. The molecule has 0 spiro atoms. The van der Waals surface area contributed by atoms with Crippen molar-refractivity contribution in [3.05, 3.63) is 18.2 Å². The summed E-state index contributed by atoms with van der Waals surface area (Å²) in [6.45, 7) is 6.53. The van der Waals surface area contributed by atoms with Crippen molar-refractivity contribution < 1.29 is 14.3 Å². The summed E-state index contributed by atoms with van der Waals surface area (Å²) in [7, 11) is 1.63. The van der Waals surface area contributed by atoms with E-state index in [1.165, 1.54) is 0 Å². The Morgan fingerprint density at radius 2 is 2.14 bits per heavy atom. The molecule has 0 aliphatic carbocycles. The molecule has 1 heterocycles. The van der Waals surface area contributed by atoms with E-state index in [0.717, 1.165) is 38.0 Å². The Kier molecular flexibility index (Phi) is 5.92. The van der Waals surface area contributed by atoms with Crippen molar-refractivity contribution in [3.8, 4) is 11.5 Å². The summed E-state index contributed by atoms with van der Waals surface area (Å²) in [6, 6.07) is 5.58. The minimum absolute atomic E-state index is 0.0535. The monoisotopic (exact) mass is 306 g/mol. The van der Waals surface area contributed by atoms with Crippen LogP contribution in [0.4, 0.5) is 10.5 Å². The van der Waals surface area contributed by atoms with Gasteiger partial charge in [-0.3, -0.25) is 4.90 Å². The van der Waals surface area contributed by atoms with Crippen molar-refractivity contribution in [3.63, 3.8) is 0 Å². The number of hydrogen-bond acceptors (Lipinski definition) is 3. The number of ether oxygens (including phenoxy) is 2. The Hall–Kier alpha value is -1.91. The topological polar surface area (TPSA) is 50.8 Å². The van der Waals surface area contributed by atoms with E-state index in [9.17, 15) is 4.79 Å². The minimum Gasteiger partial charge on any atom is -0.493 e. The van der Waals surface area contributed by atoms with E-state index in [1.54, 1.807) is 12.0 Å². The predicted molar refractivity (Wildman–Crippen MR) is 87.9 cm³/mol. The second kappa shape index (κ2) is 7.92. The maximum absolute atomic E-state index is 11.9. The molecule has 1 saturated heterocycles. The van der Waals surface area contributed by atoms with E-state index in [4.69, 9.17) is 9.47 Å². The van der Waals surface area contributed by atoms with Crippen molar-refractivity contribution in [2.24, 2.45) is 5.92 Å². The molecule has 0 saturated carbocycles. The maximum atomic E-state index is 11.9. The van der Waals surface area contributed by atoms with E-state index in [-0.39, 0.29) is 6.03 Å². The summed E-state index contributed by atoms with van der Waals surface area (Å²) in [6.07, 6.45) is 3.09. The van der Waals surface area contributed by atoms with Crippen molar-refractivity contribution in [2.45, 2.75) is 33.1 Å². The highest BCUT2D eigenvalue weighted by atomic mass is 16.5. The molecule has 0 radical (unpaired) electrons. The molecule has 1 aliphatic rings. The molecule has 5 heteroatoms. The molecular formula is C17H26N2O3. The fraction of sp³-hybridized carbons (Fsp3) is 0.588. The lowest BCUT2D eigenvalue weighted by Crippen LogP contribution is -2.46. The number of methoxy groups -OCH3 is 1. The van der Waals surface area contributed by atoms with Crippen LogP contribution in [0.1, 0.15) is 33.1 Å². The highest BCUT2D eigenvalue weighted by molar-refractivity contribution is 5.93. The largest absolute Gasteiger partial charge is 0.493 e. The number of benzene rings is 1. The van der Waals surface area contributed by atoms with E-state index >= 15 is 0 Å². The van der Waals surface area contributed by atoms with Gasteiger partial charge in [-0.25, -0.2) is 4.79 Å². The average Bonchev–Trinajstić information content (AvgIpc) is 2.51. The molecule has 22 heavy (non-hydrogen) atoms. The van der Waals surface area contributed by atoms with Crippen LogP contribution in [-0.4, -0.2) is 32.8 Å². The fourth-order valence-electron chi connectivity index (χ4n) is 2.50. The van der Waals surface area contributed by atoms with Crippen molar-refractivity contribution in [2.75, 3.05) is 31.7 Å². The lowest BCUT2D eigenvalue weighted by Gasteiger charge is -2.28. The molecule has 0 atom stereocenters. The first-order valence-electron chi connectivity index (χ1n) is 7.98. The number of carbonyl (C=O) groups is 1. The summed E-state index contributed by atoms with van der Waals surface area (Å²) in [4.78, 5) is 13.7. The van der Waals surface area contributed by atoms with Crippen LogP contribution in [-0.2, 0) is 0 Å². The van der Waals surface area contributed by atoms with Crippen molar-refractivity contribution >= 4 is 11.7 Å². The molecule has 0 bridgehead atoms. The van der Waals surface area contributed by atoms with Crippen LogP contribution in [0.2, 0.25) is 0 Å². The van der Waals surface area contributed by atoms with Gasteiger partial charge >= 0.3 is 6.03 Å². The molecule has 1 aliphatic heterocycles. The number of nitrogens with one attached hydrogen (secondary N) is 1. The van der Waals surface area contributed by atoms with E-state index in [1.807, 2.05) is 18.2 Å². The van der Waals surface area contributed by atoms with Crippen LogP contribution in [0.15, 0.2) is 18.2 Å². The highest BCUT2D eigenvalue weighted by Gasteiger charge is 2.20.